The molecule has 102 valence electrons. The van der Waals surface area contributed by atoms with E-state index < -0.39 is 11.6 Å². The summed E-state index contributed by atoms with van der Waals surface area (Å²) < 4.78 is 27.9. The molecule has 20 heavy (non-hydrogen) atoms. The molecule has 2 N–H and O–H groups in total. The van der Waals surface area contributed by atoms with Crippen molar-refractivity contribution >= 4 is 17.0 Å². The van der Waals surface area contributed by atoms with E-state index >= 15 is 0 Å². The summed E-state index contributed by atoms with van der Waals surface area (Å²) in [7, 11) is 1.65. The Labute approximate surface area is 113 Å². The van der Waals surface area contributed by atoms with Gasteiger partial charge in [-0.15, -0.1) is 0 Å². The highest BCUT2D eigenvalue weighted by molar-refractivity contribution is 5.90. The zero-order valence-electron chi connectivity index (χ0n) is 10.8. The smallest absolute Gasteiger partial charge is 0.225 e. The molecular weight excluding hydrogens is 264 g/mol. The van der Waals surface area contributed by atoms with Crippen molar-refractivity contribution in [1.29, 1.82) is 0 Å². The number of hydrogen-bond acceptors (Lipinski definition) is 4. The van der Waals surface area contributed by atoms with Gasteiger partial charge < -0.3 is 5.32 Å². The van der Waals surface area contributed by atoms with Crippen LogP contribution in [0, 0.1) is 18.6 Å². The fraction of sp³-hybridized carbons (Fsp3) is 0.154. The second kappa shape index (κ2) is 4.52. The minimum Gasteiger partial charge on any atom is -0.357 e. The van der Waals surface area contributed by atoms with Crippen molar-refractivity contribution in [3.05, 3.63) is 35.5 Å². The van der Waals surface area contributed by atoms with Gasteiger partial charge in [-0.05, 0) is 18.6 Å². The standard InChI is InChI=1S/C13H11F2N5/c1-6-3-4-7(10(15)9(6)14)11-8-5-17-20-12(8)19-13(16-2)18-11/h3-5H,1-2H3,(H2,16,17,18,19,20). The zero-order chi connectivity index (χ0) is 14.3. The second-order valence-electron chi connectivity index (χ2n) is 4.34. The van der Waals surface area contributed by atoms with Crippen LogP contribution in [-0.2, 0) is 0 Å². The van der Waals surface area contributed by atoms with Crippen LogP contribution in [0.1, 0.15) is 5.56 Å². The monoisotopic (exact) mass is 275 g/mol. The Morgan fingerprint density at radius 3 is 2.70 bits per heavy atom. The van der Waals surface area contributed by atoms with Crippen LogP contribution in [0.5, 0.6) is 0 Å². The van der Waals surface area contributed by atoms with Gasteiger partial charge in [0.25, 0.3) is 0 Å². The van der Waals surface area contributed by atoms with E-state index in [4.69, 9.17) is 0 Å². The maximum absolute atomic E-state index is 14.1. The van der Waals surface area contributed by atoms with E-state index in [9.17, 15) is 8.78 Å². The van der Waals surface area contributed by atoms with E-state index in [1.54, 1.807) is 7.05 Å². The molecule has 0 aliphatic rings. The van der Waals surface area contributed by atoms with Gasteiger partial charge in [-0.2, -0.15) is 10.1 Å². The van der Waals surface area contributed by atoms with Gasteiger partial charge in [0.15, 0.2) is 17.3 Å². The lowest BCUT2D eigenvalue weighted by molar-refractivity contribution is 0.505. The number of H-pyrrole nitrogens is 1. The fourth-order valence-corrected chi connectivity index (χ4v) is 1.98. The molecule has 1 aromatic carbocycles. The van der Waals surface area contributed by atoms with Crippen molar-refractivity contribution in [1.82, 2.24) is 20.2 Å². The summed E-state index contributed by atoms with van der Waals surface area (Å²) in [6, 6.07) is 3.02. The number of aromatic nitrogens is 4. The SMILES string of the molecule is CNc1nc(-c2ccc(C)c(F)c2F)c2cn[nH]c2n1. The second-order valence-corrected chi connectivity index (χ2v) is 4.34. The molecule has 0 radical (unpaired) electrons. The Kier molecular flexibility index (Phi) is 2.81. The number of aryl methyl sites for hydroxylation is 1. The van der Waals surface area contributed by atoms with Crippen LogP contribution in [0.3, 0.4) is 0 Å². The maximum atomic E-state index is 14.1. The molecular formula is C13H11F2N5. The fourth-order valence-electron chi connectivity index (χ4n) is 1.98. The molecule has 5 nitrogen and oxygen atoms in total. The first kappa shape index (κ1) is 12.5. The largest absolute Gasteiger partial charge is 0.357 e. The molecule has 3 rings (SSSR count). The third-order valence-electron chi connectivity index (χ3n) is 3.06. The molecule has 2 heterocycles. The van der Waals surface area contributed by atoms with Crippen molar-refractivity contribution in [2.45, 2.75) is 6.92 Å². The van der Waals surface area contributed by atoms with Gasteiger partial charge in [-0.1, -0.05) is 6.07 Å². The summed E-state index contributed by atoms with van der Waals surface area (Å²) in [5, 5.41) is 9.87. The average molecular weight is 275 g/mol. The Morgan fingerprint density at radius 2 is 1.95 bits per heavy atom. The number of nitrogens with zero attached hydrogens (tertiary/aromatic N) is 3. The van der Waals surface area contributed by atoms with Crippen LogP contribution >= 0.6 is 0 Å². The van der Waals surface area contributed by atoms with Crippen LogP contribution < -0.4 is 5.32 Å². The number of benzene rings is 1. The lowest BCUT2D eigenvalue weighted by Crippen LogP contribution is -2.01. The van der Waals surface area contributed by atoms with Gasteiger partial charge in [0.2, 0.25) is 5.95 Å². The summed E-state index contributed by atoms with van der Waals surface area (Å²) in [5.74, 6) is -1.49. The lowest BCUT2D eigenvalue weighted by Gasteiger charge is -2.08. The number of rotatable bonds is 2. The Morgan fingerprint density at radius 1 is 1.15 bits per heavy atom. The van der Waals surface area contributed by atoms with E-state index in [-0.39, 0.29) is 11.1 Å². The molecule has 0 aliphatic heterocycles. The summed E-state index contributed by atoms with van der Waals surface area (Å²) >= 11 is 0. The minimum atomic E-state index is -0.923. The summed E-state index contributed by atoms with van der Waals surface area (Å²) in [6.45, 7) is 1.51. The molecule has 3 aromatic rings. The van der Waals surface area contributed by atoms with Crippen molar-refractivity contribution in [2.24, 2.45) is 0 Å². The van der Waals surface area contributed by atoms with Crippen molar-refractivity contribution in [3.8, 4) is 11.3 Å². The number of nitrogens with one attached hydrogen (secondary N) is 2. The van der Waals surface area contributed by atoms with Crippen LogP contribution in [0.2, 0.25) is 0 Å². The van der Waals surface area contributed by atoms with Gasteiger partial charge in [-0.3, -0.25) is 5.10 Å². The zero-order valence-corrected chi connectivity index (χ0v) is 10.8. The van der Waals surface area contributed by atoms with Crippen molar-refractivity contribution < 1.29 is 8.78 Å². The summed E-state index contributed by atoms with van der Waals surface area (Å²) in [6.07, 6.45) is 1.49. The van der Waals surface area contributed by atoms with Crippen molar-refractivity contribution in [3.63, 3.8) is 0 Å². The van der Waals surface area contributed by atoms with Crippen molar-refractivity contribution in [2.75, 3.05) is 12.4 Å². The molecule has 0 spiro atoms. The van der Waals surface area contributed by atoms with Gasteiger partial charge >= 0.3 is 0 Å². The molecule has 0 atom stereocenters. The predicted molar refractivity (Wildman–Crippen MR) is 71.3 cm³/mol. The van der Waals surface area contributed by atoms with E-state index in [2.05, 4.69) is 25.5 Å². The van der Waals surface area contributed by atoms with Crippen LogP contribution in [0.15, 0.2) is 18.3 Å². The van der Waals surface area contributed by atoms with Crippen LogP contribution in [-0.4, -0.2) is 27.2 Å². The molecule has 0 fully saturated rings. The Hall–Kier alpha value is -2.57. The highest BCUT2D eigenvalue weighted by Gasteiger charge is 2.18. The lowest BCUT2D eigenvalue weighted by atomic mass is 10.1. The van der Waals surface area contributed by atoms with Crippen LogP contribution in [0.25, 0.3) is 22.3 Å². The highest BCUT2D eigenvalue weighted by atomic mass is 19.2. The molecule has 2 aromatic heterocycles. The van der Waals surface area contributed by atoms with E-state index in [0.29, 0.717) is 22.7 Å². The molecule has 0 aliphatic carbocycles. The average Bonchev–Trinajstić information content (AvgIpc) is 2.92. The first-order valence-electron chi connectivity index (χ1n) is 5.95. The molecule has 0 saturated carbocycles. The number of anilines is 1. The van der Waals surface area contributed by atoms with E-state index in [1.807, 2.05) is 0 Å². The number of halogens is 2. The van der Waals surface area contributed by atoms with Gasteiger partial charge in [-0.25, -0.2) is 13.8 Å². The molecule has 7 heteroatoms. The maximum Gasteiger partial charge on any atom is 0.225 e. The third-order valence-corrected chi connectivity index (χ3v) is 3.06. The number of fused-ring (bicyclic) bond motifs is 1. The highest BCUT2D eigenvalue weighted by Crippen LogP contribution is 2.30. The quantitative estimate of drug-likeness (QED) is 0.754. The van der Waals surface area contributed by atoms with Gasteiger partial charge in [0.1, 0.15) is 0 Å². The third kappa shape index (κ3) is 1.78. The summed E-state index contributed by atoms with van der Waals surface area (Å²) in [4.78, 5) is 8.36. The Bertz CT molecular complexity index is 797. The molecule has 0 unspecified atom stereocenters. The topological polar surface area (TPSA) is 66.5 Å². The Balaban J connectivity index is 2.34. The normalized spacial score (nSPS) is 11.0. The van der Waals surface area contributed by atoms with E-state index in [0.717, 1.165) is 0 Å². The number of aromatic amines is 1. The molecule has 0 bridgehead atoms. The molecule has 0 amide bonds. The first-order valence-corrected chi connectivity index (χ1v) is 5.95. The number of hydrogen-bond donors (Lipinski definition) is 2. The minimum absolute atomic E-state index is 0.0819. The first-order chi connectivity index (χ1) is 9.61. The predicted octanol–water partition coefficient (Wildman–Crippen LogP) is 2.65. The van der Waals surface area contributed by atoms with E-state index in [1.165, 1.54) is 25.3 Å². The van der Waals surface area contributed by atoms with Crippen LogP contribution in [0.4, 0.5) is 14.7 Å². The van der Waals surface area contributed by atoms with Gasteiger partial charge in [0.05, 0.1) is 17.3 Å². The van der Waals surface area contributed by atoms with Gasteiger partial charge in [0, 0.05) is 12.6 Å². The summed E-state index contributed by atoms with van der Waals surface area (Å²) in [5.41, 5.74) is 1.08. The molecule has 0 saturated heterocycles.